The van der Waals surface area contributed by atoms with Crippen LogP contribution in [0.25, 0.3) is 0 Å². The maximum atomic E-state index is 9.57. The predicted molar refractivity (Wildman–Crippen MR) is 76.6 cm³/mol. The van der Waals surface area contributed by atoms with Gasteiger partial charge in [0.2, 0.25) is 0 Å². The van der Waals surface area contributed by atoms with E-state index in [4.69, 9.17) is 4.74 Å². The minimum Gasteiger partial charge on any atom is -0.504 e. The maximum Gasteiger partial charge on any atom is 0.160 e. The summed E-state index contributed by atoms with van der Waals surface area (Å²) in [5.41, 5.74) is 1.14. The summed E-state index contributed by atoms with van der Waals surface area (Å²) in [4.78, 5) is 2.48. The van der Waals surface area contributed by atoms with E-state index in [1.165, 1.54) is 19.4 Å². The molecule has 1 unspecified atom stereocenters. The highest BCUT2D eigenvalue weighted by Crippen LogP contribution is 2.26. The van der Waals surface area contributed by atoms with Crippen LogP contribution < -0.4 is 10.1 Å². The van der Waals surface area contributed by atoms with Crippen LogP contribution in [0.3, 0.4) is 0 Å². The summed E-state index contributed by atoms with van der Waals surface area (Å²) in [6.45, 7) is 6.52. The fraction of sp³-hybridized carbons (Fsp3) is 0.600. The van der Waals surface area contributed by atoms with E-state index in [1.54, 1.807) is 13.2 Å². The second kappa shape index (κ2) is 6.78. The molecule has 4 nitrogen and oxygen atoms in total. The SMILES string of the molecule is CCN1CCCC(NCc2ccc(O)c(OC)c2)C1. The maximum absolute atomic E-state index is 9.57. The lowest BCUT2D eigenvalue weighted by molar-refractivity contribution is 0.198. The quantitative estimate of drug-likeness (QED) is 0.853. The van der Waals surface area contributed by atoms with Crippen LogP contribution in [-0.2, 0) is 6.54 Å². The third-order valence-electron chi connectivity index (χ3n) is 3.79. The number of hydrogen-bond donors (Lipinski definition) is 2. The summed E-state index contributed by atoms with van der Waals surface area (Å²) in [6.07, 6.45) is 2.51. The molecule has 1 aliphatic heterocycles. The van der Waals surface area contributed by atoms with Gasteiger partial charge in [-0.3, -0.25) is 0 Å². The summed E-state index contributed by atoms with van der Waals surface area (Å²) in [7, 11) is 1.58. The molecule has 0 aromatic heterocycles. The van der Waals surface area contributed by atoms with Crippen LogP contribution in [0.2, 0.25) is 0 Å². The summed E-state index contributed by atoms with van der Waals surface area (Å²) in [6, 6.07) is 6.08. The Bertz CT molecular complexity index is 409. The molecule has 0 spiro atoms. The number of phenols is 1. The highest BCUT2D eigenvalue weighted by atomic mass is 16.5. The number of aromatic hydroxyl groups is 1. The van der Waals surface area contributed by atoms with Crippen LogP contribution in [0.15, 0.2) is 18.2 Å². The molecule has 0 amide bonds. The predicted octanol–water partition coefficient (Wildman–Crippen LogP) is 1.97. The van der Waals surface area contributed by atoms with Crippen molar-refractivity contribution >= 4 is 0 Å². The molecule has 1 atom stereocenters. The molecule has 1 aliphatic rings. The molecular weight excluding hydrogens is 240 g/mol. The minimum absolute atomic E-state index is 0.195. The van der Waals surface area contributed by atoms with Crippen molar-refractivity contribution in [1.29, 1.82) is 0 Å². The first-order valence-corrected chi connectivity index (χ1v) is 7.04. The number of phenolic OH excluding ortho intramolecular Hbond substituents is 1. The first-order valence-electron chi connectivity index (χ1n) is 7.04. The molecule has 1 aromatic rings. The van der Waals surface area contributed by atoms with Crippen molar-refractivity contribution in [3.8, 4) is 11.5 Å². The van der Waals surface area contributed by atoms with Gasteiger partial charge in [-0.15, -0.1) is 0 Å². The summed E-state index contributed by atoms with van der Waals surface area (Å²) in [5, 5.41) is 13.2. The average Bonchev–Trinajstić information content (AvgIpc) is 2.46. The zero-order valence-corrected chi connectivity index (χ0v) is 11.9. The van der Waals surface area contributed by atoms with Gasteiger partial charge in [0.15, 0.2) is 11.5 Å². The number of nitrogens with one attached hydrogen (secondary N) is 1. The number of nitrogens with zero attached hydrogens (tertiary/aromatic N) is 1. The number of ether oxygens (including phenoxy) is 1. The highest BCUT2D eigenvalue weighted by Gasteiger charge is 2.17. The monoisotopic (exact) mass is 264 g/mol. The van der Waals surface area contributed by atoms with Crippen LogP contribution >= 0.6 is 0 Å². The van der Waals surface area contributed by atoms with Crippen molar-refractivity contribution in [2.45, 2.75) is 32.4 Å². The van der Waals surface area contributed by atoms with Crippen molar-refractivity contribution < 1.29 is 9.84 Å². The second-order valence-electron chi connectivity index (χ2n) is 5.12. The van der Waals surface area contributed by atoms with E-state index in [9.17, 15) is 5.11 Å². The van der Waals surface area contributed by atoms with Crippen molar-refractivity contribution in [2.75, 3.05) is 26.7 Å². The van der Waals surface area contributed by atoms with E-state index in [0.717, 1.165) is 25.2 Å². The molecule has 1 heterocycles. The molecule has 1 fully saturated rings. The molecule has 0 aliphatic carbocycles. The molecular formula is C15H24N2O2. The van der Waals surface area contributed by atoms with Gasteiger partial charge in [0, 0.05) is 19.1 Å². The third-order valence-corrected chi connectivity index (χ3v) is 3.79. The molecule has 1 saturated heterocycles. The van der Waals surface area contributed by atoms with Crippen molar-refractivity contribution in [3.63, 3.8) is 0 Å². The second-order valence-corrected chi connectivity index (χ2v) is 5.12. The Morgan fingerprint density at radius 3 is 3.05 bits per heavy atom. The highest BCUT2D eigenvalue weighted by molar-refractivity contribution is 5.41. The van der Waals surface area contributed by atoms with Crippen LogP contribution in [0, 0.1) is 0 Å². The van der Waals surface area contributed by atoms with E-state index in [-0.39, 0.29) is 5.75 Å². The lowest BCUT2D eigenvalue weighted by Gasteiger charge is -2.32. The fourth-order valence-corrected chi connectivity index (χ4v) is 2.60. The Hall–Kier alpha value is -1.26. The smallest absolute Gasteiger partial charge is 0.160 e. The standard InChI is InChI=1S/C15H24N2O2/c1-3-17-8-4-5-13(11-17)16-10-12-6-7-14(18)15(9-12)19-2/h6-7,9,13,16,18H,3-5,8,10-11H2,1-2H3. The van der Waals surface area contributed by atoms with Gasteiger partial charge in [-0.05, 0) is 43.6 Å². The van der Waals surface area contributed by atoms with Gasteiger partial charge in [0.05, 0.1) is 7.11 Å². The van der Waals surface area contributed by atoms with Crippen molar-refractivity contribution in [3.05, 3.63) is 23.8 Å². The molecule has 1 aromatic carbocycles. The first-order chi connectivity index (χ1) is 9.22. The van der Waals surface area contributed by atoms with Crippen LogP contribution in [0.4, 0.5) is 0 Å². The number of likely N-dealkylation sites (tertiary alicyclic amines) is 1. The number of hydrogen-bond acceptors (Lipinski definition) is 4. The van der Waals surface area contributed by atoms with Gasteiger partial charge in [0.1, 0.15) is 0 Å². The summed E-state index contributed by atoms with van der Waals surface area (Å²) in [5.74, 6) is 0.735. The zero-order chi connectivity index (χ0) is 13.7. The normalized spacial score (nSPS) is 20.4. The van der Waals surface area contributed by atoms with Gasteiger partial charge in [-0.25, -0.2) is 0 Å². The Morgan fingerprint density at radius 1 is 1.47 bits per heavy atom. The summed E-state index contributed by atoms with van der Waals surface area (Å²) >= 11 is 0. The van der Waals surface area contributed by atoms with E-state index in [1.807, 2.05) is 12.1 Å². The molecule has 2 rings (SSSR count). The van der Waals surface area contributed by atoms with Crippen molar-refractivity contribution in [1.82, 2.24) is 10.2 Å². The Morgan fingerprint density at radius 2 is 2.32 bits per heavy atom. The molecule has 0 saturated carbocycles. The number of piperidine rings is 1. The molecule has 0 radical (unpaired) electrons. The van der Waals surface area contributed by atoms with Crippen LogP contribution in [0.1, 0.15) is 25.3 Å². The molecule has 2 N–H and O–H groups in total. The van der Waals surface area contributed by atoms with Crippen LogP contribution in [-0.4, -0.2) is 42.8 Å². The van der Waals surface area contributed by atoms with E-state index in [2.05, 4.69) is 17.1 Å². The average molecular weight is 264 g/mol. The number of benzene rings is 1. The number of methoxy groups -OCH3 is 1. The molecule has 4 heteroatoms. The number of rotatable bonds is 5. The molecule has 19 heavy (non-hydrogen) atoms. The molecule has 106 valence electrons. The van der Waals surface area contributed by atoms with Gasteiger partial charge in [-0.2, -0.15) is 0 Å². The first kappa shape index (κ1) is 14.2. The Kier molecular flexibility index (Phi) is 5.05. The van der Waals surface area contributed by atoms with Crippen LogP contribution in [0.5, 0.6) is 11.5 Å². The zero-order valence-electron chi connectivity index (χ0n) is 11.9. The topological polar surface area (TPSA) is 44.7 Å². The van der Waals surface area contributed by atoms with Gasteiger partial charge in [0.25, 0.3) is 0 Å². The Labute approximate surface area is 115 Å². The van der Waals surface area contributed by atoms with Gasteiger partial charge < -0.3 is 20.1 Å². The van der Waals surface area contributed by atoms with E-state index >= 15 is 0 Å². The van der Waals surface area contributed by atoms with E-state index < -0.39 is 0 Å². The lowest BCUT2D eigenvalue weighted by Crippen LogP contribution is -2.45. The largest absolute Gasteiger partial charge is 0.504 e. The lowest BCUT2D eigenvalue weighted by atomic mass is 10.1. The third kappa shape index (κ3) is 3.85. The van der Waals surface area contributed by atoms with Gasteiger partial charge >= 0.3 is 0 Å². The fourth-order valence-electron chi connectivity index (χ4n) is 2.60. The number of likely N-dealkylation sites (N-methyl/N-ethyl adjacent to an activating group) is 1. The minimum atomic E-state index is 0.195. The molecule has 0 bridgehead atoms. The summed E-state index contributed by atoms with van der Waals surface area (Å²) < 4.78 is 5.13. The van der Waals surface area contributed by atoms with Gasteiger partial charge in [-0.1, -0.05) is 13.0 Å². The van der Waals surface area contributed by atoms with E-state index in [0.29, 0.717) is 11.8 Å². The van der Waals surface area contributed by atoms with Crippen molar-refractivity contribution in [2.24, 2.45) is 0 Å². The Balaban J connectivity index is 1.88.